The lowest BCUT2D eigenvalue weighted by atomic mass is 9.77. The molecule has 0 aromatic carbocycles. The lowest BCUT2D eigenvalue weighted by Gasteiger charge is -2.44. The first-order chi connectivity index (χ1) is 6.93. The highest BCUT2D eigenvalue weighted by atomic mass is 16.5. The molecule has 1 saturated heterocycles. The van der Waals surface area contributed by atoms with Crippen LogP contribution in [0.5, 0.6) is 0 Å². The van der Waals surface area contributed by atoms with Crippen molar-refractivity contribution in [1.29, 1.82) is 0 Å². The number of hydrogen-bond acceptors (Lipinski definition) is 2. The van der Waals surface area contributed by atoms with E-state index in [0.717, 1.165) is 32.1 Å². The van der Waals surface area contributed by atoms with Crippen molar-refractivity contribution in [3.8, 4) is 0 Å². The minimum Gasteiger partial charge on any atom is -0.390 e. The van der Waals surface area contributed by atoms with Gasteiger partial charge in [0.1, 0.15) is 0 Å². The van der Waals surface area contributed by atoms with Crippen LogP contribution < -0.4 is 0 Å². The van der Waals surface area contributed by atoms with Crippen molar-refractivity contribution >= 4 is 0 Å². The molecule has 0 amide bonds. The first kappa shape index (κ1) is 13.0. The molecule has 1 heterocycles. The van der Waals surface area contributed by atoms with Gasteiger partial charge in [-0.15, -0.1) is 0 Å². The van der Waals surface area contributed by atoms with E-state index in [1.54, 1.807) is 0 Å². The van der Waals surface area contributed by atoms with E-state index in [1.165, 1.54) is 0 Å². The molecule has 0 radical (unpaired) electrons. The van der Waals surface area contributed by atoms with Crippen molar-refractivity contribution in [2.75, 3.05) is 6.61 Å². The third-order valence-electron chi connectivity index (χ3n) is 3.89. The molecule has 3 atom stereocenters. The van der Waals surface area contributed by atoms with Crippen molar-refractivity contribution in [2.24, 2.45) is 5.92 Å². The zero-order chi connectivity index (χ0) is 11.5. The van der Waals surface area contributed by atoms with E-state index in [1.807, 2.05) is 0 Å². The Balaban J connectivity index is 2.60. The fourth-order valence-corrected chi connectivity index (χ4v) is 2.52. The van der Waals surface area contributed by atoms with Crippen molar-refractivity contribution < 1.29 is 9.84 Å². The summed E-state index contributed by atoms with van der Waals surface area (Å²) in [7, 11) is 0. The van der Waals surface area contributed by atoms with E-state index in [2.05, 4.69) is 27.7 Å². The van der Waals surface area contributed by atoms with Crippen LogP contribution in [0, 0.1) is 5.92 Å². The highest BCUT2D eigenvalue weighted by Crippen LogP contribution is 2.38. The van der Waals surface area contributed by atoms with Crippen molar-refractivity contribution in [2.45, 2.75) is 71.0 Å². The molecule has 1 aliphatic heterocycles. The number of rotatable bonds is 4. The molecular formula is C13H26O2. The fraction of sp³-hybridized carbons (Fsp3) is 1.00. The second-order valence-electron chi connectivity index (χ2n) is 5.52. The van der Waals surface area contributed by atoms with E-state index in [0.29, 0.717) is 12.5 Å². The standard InChI is InChI=1S/C13H26O2/c1-5-11(3)9-13(14)7-8-15-12(4,6-2)10-13/h11,14H,5-10H2,1-4H3. The van der Waals surface area contributed by atoms with Crippen LogP contribution in [-0.4, -0.2) is 22.9 Å². The van der Waals surface area contributed by atoms with Crippen molar-refractivity contribution in [1.82, 2.24) is 0 Å². The summed E-state index contributed by atoms with van der Waals surface area (Å²) in [6, 6.07) is 0. The van der Waals surface area contributed by atoms with Gasteiger partial charge in [0.05, 0.1) is 17.8 Å². The Bertz CT molecular complexity index is 205. The smallest absolute Gasteiger partial charge is 0.0699 e. The number of hydrogen-bond donors (Lipinski definition) is 1. The number of aliphatic hydroxyl groups is 1. The first-order valence-electron chi connectivity index (χ1n) is 6.29. The lowest BCUT2D eigenvalue weighted by molar-refractivity contribution is -0.159. The summed E-state index contributed by atoms with van der Waals surface area (Å²) in [4.78, 5) is 0. The van der Waals surface area contributed by atoms with E-state index in [4.69, 9.17) is 4.74 Å². The van der Waals surface area contributed by atoms with Crippen molar-refractivity contribution in [3.05, 3.63) is 0 Å². The Labute approximate surface area is 94.0 Å². The van der Waals surface area contributed by atoms with Crippen LogP contribution in [0.4, 0.5) is 0 Å². The Hall–Kier alpha value is -0.0800. The Kier molecular flexibility index (Phi) is 4.19. The molecule has 1 N–H and O–H groups in total. The summed E-state index contributed by atoms with van der Waals surface area (Å²) >= 11 is 0. The average Bonchev–Trinajstić information content (AvgIpc) is 2.16. The van der Waals surface area contributed by atoms with Gasteiger partial charge in [-0.05, 0) is 32.1 Å². The predicted octanol–water partition coefficient (Wildman–Crippen LogP) is 3.13. The fourth-order valence-electron chi connectivity index (χ4n) is 2.52. The molecule has 0 aliphatic carbocycles. The Morgan fingerprint density at radius 1 is 1.40 bits per heavy atom. The molecule has 2 heteroatoms. The zero-order valence-corrected chi connectivity index (χ0v) is 10.7. The normalized spacial score (nSPS) is 39.0. The Morgan fingerprint density at radius 3 is 2.60 bits per heavy atom. The second kappa shape index (κ2) is 4.84. The van der Waals surface area contributed by atoms with Gasteiger partial charge in [-0.1, -0.05) is 27.2 Å². The maximum absolute atomic E-state index is 10.6. The van der Waals surface area contributed by atoms with Crippen LogP contribution in [0.3, 0.4) is 0 Å². The second-order valence-corrected chi connectivity index (χ2v) is 5.52. The minimum atomic E-state index is -0.488. The lowest BCUT2D eigenvalue weighted by Crippen LogP contribution is -2.47. The summed E-state index contributed by atoms with van der Waals surface area (Å²) < 4.78 is 5.77. The molecular weight excluding hydrogens is 188 g/mol. The summed E-state index contributed by atoms with van der Waals surface area (Å²) in [6.45, 7) is 9.36. The molecule has 0 saturated carbocycles. The van der Waals surface area contributed by atoms with Gasteiger partial charge in [0.25, 0.3) is 0 Å². The molecule has 2 nitrogen and oxygen atoms in total. The van der Waals surface area contributed by atoms with Gasteiger partial charge in [0, 0.05) is 6.42 Å². The summed E-state index contributed by atoms with van der Waals surface area (Å²) in [6.07, 6.45) is 4.64. The molecule has 0 spiro atoms. The molecule has 90 valence electrons. The molecule has 0 aromatic heterocycles. The maximum atomic E-state index is 10.6. The van der Waals surface area contributed by atoms with Gasteiger partial charge in [-0.25, -0.2) is 0 Å². The third kappa shape index (κ3) is 3.46. The van der Waals surface area contributed by atoms with Crippen LogP contribution in [0.25, 0.3) is 0 Å². The SMILES string of the molecule is CCC(C)CC1(O)CCOC(C)(CC)C1. The maximum Gasteiger partial charge on any atom is 0.0699 e. The van der Waals surface area contributed by atoms with Crippen LogP contribution in [-0.2, 0) is 4.74 Å². The van der Waals surface area contributed by atoms with Crippen LogP contribution in [0.15, 0.2) is 0 Å². The predicted molar refractivity (Wildman–Crippen MR) is 62.9 cm³/mol. The van der Waals surface area contributed by atoms with E-state index in [-0.39, 0.29) is 5.60 Å². The Morgan fingerprint density at radius 2 is 2.07 bits per heavy atom. The quantitative estimate of drug-likeness (QED) is 0.779. The van der Waals surface area contributed by atoms with E-state index >= 15 is 0 Å². The average molecular weight is 214 g/mol. The topological polar surface area (TPSA) is 29.5 Å². The van der Waals surface area contributed by atoms with Gasteiger partial charge >= 0.3 is 0 Å². The van der Waals surface area contributed by atoms with Crippen molar-refractivity contribution in [3.63, 3.8) is 0 Å². The minimum absolute atomic E-state index is 0.111. The molecule has 3 unspecified atom stereocenters. The van der Waals surface area contributed by atoms with Gasteiger partial charge in [-0.3, -0.25) is 0 Å². The van der Waals surface area contributed by atoms with Crippen LogP contribution >= 0.6 is 0 Å². The highest BCUT2D eigenvalue weighted by molar-refractivity contribution is 4.92. The third-order valence-corrected chi connectivity index (χ3v) is 3.89. The van der Waals surface area contributed by atoms with Gasteiger partial charge < -0.3 is 9.84 Å². The first-order valence-corrected chi connectivity index (χ1v) is 6.29. The number of ether oxygens (including phenoxy) is 1. The van der Waals surface area contributed by atoms with Crippen LogP contribution in [0.2, 0.25) is 0 Å². The van der Waals surface area contributed by atoms with Crippen LogP contribution in [0.1, 0.15) is 59.8 Å². The molecule has 0 bridgehead atoms. The molecule has 1 rings (SSSR count). The molecule has 1 fully saturated rings. The van der Waals surface area contributed by atoms with E-state index in [9.17, 15) is 5.11 Å². The summed E-state index contributed by atoms with van der Waals surface area (Å²) in [5.41, 5.74) is -0.598. The largest absolute Gasteiger partial charge is 0.390 e. The monoisotopic (exact) mass is 214 g/mol. The van der Waals surface area contributed by atoms with Gasteiger partial charge in [-0.2, -0.15) is 0 Å². The molecule has 0 aromatic rings. The zero-order valence-electron chi connectivity index (χ0n) is 10.7. The molecule has 15 heavy (non-hydrogen) atoms. The molecule has 1 aliphatic rings. The summed E-state index contributed by atoms with van der Waals surface area (Å²) in [5, 5.41) is 10.6. The van der Waals surface area contributed by atoms with Gasteiger partial charge in [0.2, 0.25) is 0 Å². The van der Waals surface area contributed by atoms with Gasteiger partial charge in [0.15, 0.2) is 0 Å². The van der Waals surface area contributed by atoms with E-state index < -0.39 is 5.60 Å². The highest BCUT2D eigenvalue weighted by Gasteiger charge is 2.41. The summed E-state index contributed by atoms with van der Waals surface area (Å²) in [5.74, 6) is 0.606.